The summed E-state index contributed by atoms with van der Waals surface area (Å²) < 4.78 is 26.8. The highest BCUT2D eigenvalue weighted by Crippen LogP contribution is 2.28. The lowest BCUT2D eigenvalue weighted by Gasteiger charge is -2.13. The summed E-state index contributed by atoms with van der Waals surface area (Å²) in [6, 6.07) is 6.50. The van der Waals surface area contributed by atoms with Gasteiger partial charge in [0.15, 0.2) is 11.6 Å². The second-order valence-electron chi connectivity index (χ2n) is 4.79. The Kier molecular flexibility index (Phi) is 5.80. The third-order valence-electron chi connectivity index (χ3n) is 3.04. The predicted octanol–water partition coefficient (Wildman–Crippen LogP) is 4.55. The predicted molar refractivity (Wildman–Crippen MR) is 91.8 cm³/mol. The minimum absolute atomic E-state index is 0.0492. The van der Waals surface area contributed by atoms with Gasteiger partial charge < -0.3 is 10.6 Å². The van der Waals surface area contributed by atoms with Gasteiger partial charge in [-0.25, -0.2) is 8.78 Å². The largest absolute Gasteiger partial charge is 0.324 e. The molecule has 0 atom stereocenters. The van der Waals surface area contributed by atoms with Crippen molar-refractivity contribution in [2.75, 3.05) is 16.9 Å². The van der Waals surface area contributed by atoms with Gasteiger partial charge in [-0.15, -0.1) is 11.8 Å². The standard InChI is InChI=1S/C16H13ClF2N2O2S/c1-8(22)20-14-6-12(18)13(19)7-15(14)21-16(23)10-5-9(24-2)3-4-11(10)17/h3-7H,1-2H3,(H,20,22)(H,21,23). The van der Waals surface area contributed by atoms with Gasteiger partial charge in [0, 0.05) is 24.0 Å². The van der Waals surface area contributed by atoms with Crippen molar-refractivity contribution >= 4 is 46.6 Å². The monoisotopic (exact) mass is 370 g/mol. The zero-order valence-corrected chi connectivity index (χ0v) is 14.3. The quantitative estimate of drug-likeness (QED) is 0.776. The molecule has 0 fully saturated rings. The second-order valence-corrected chi connectivity index (χ2v) is 6.08. The number of rotatable bonds is 4. The summed E-state index contributed by atoms with van der Waals surface area (Å²) in [7, 11) is 0. The van der Waals surface area contributed by atoms with Crippen molar-refractivity contribution in [3.63, 3.8) is 0 Å². The topological polar surface area (TPSA) is 58.2 Å². The summed E-state index contributed by atoms with van der Waals surface area (Å²) in [5.74, 6) is -3.38. The Balaban J connectivity index is 2.38. The maximum absolute atomic E-state index is 13.5. The van der Waals surface area contributed by atoms with E-state index in [9.17, 15) is 18.4 Å². The first-order valence-corrected chi connectivity index (χ1v) is 8.33. The molecule has 2 rings (SSSR count). The summed E-state index contributed by atoms with van der Waals surface area (Å²) in [6.45, 7) is 1.21. The van der Waals surface area contributed by atoms with Crippen LogP contribution in [-0.4, -0.2) is 18.1 Å². The van der Waals surface area contributed by atoms with Crippen LogP contribution in [0.15, 0.2) is 35.2 Å². The van der Waals surface area contributed by atoms with E-state index in [1.54, 1.807) is 18.2 Å². The molecular weight excluding hydrogens is 358 g/mol. The molecule has 0 saturated carbocycles. The molecule has 0 heterocycles. The van der Waals surface area contributed by atoms with Gasteiger partial charge in [0.2, 0.25) is 5.91 Å². The van der Waals surface area contributed by atoms with Crippen LogP contribution in [0.25, 0.3) is 0 Å². The SMILES string of the molecule is CSc1ccc(Cl)c(C(=O)Nc2cc(F)c(F)cc2NC(C)=O)c1. The number of hydrogen-bond donors (Lipinski definition) is 2. The molecule has 0 bridgehead atoms. The van der Waals surface area contributed by atoms with Gasteiger partial charge in [0.25, 0.3) is 5.91 Å². The number of halogens is 3. The van der Waals surface area contributed by atoms with E-state index in [1.165, 1.54) is 18.7 Å². The van der Waals surface area contributed by atoms with Crippen molar-refractivity contribution in [1.82, 2.24) is 0 Å². The molecule has 2 N–H and O–H groups in total. The fraction of sp³-hybridized carbons (Fsp3) is 0.125. The fourth-order valence-electron chi connectivity index (χ4n) is 1.94. The molecule has 2 amide bonds. The van der Waals surface area contributed by atoms with Crippen molar-refractivity contribution in [1.29, 1.82) is 0 Å². The second kappa shape index (κ2) is 7.63. The van der Waals surface area contributed by atoms with E-state index in [0.717, 1.165) is 17.0 Å². The van der Waals surface area contributed by atoms with E-state index in [0.29, 0.717) is 0 Å². The van der Waals surface area contributed by atoms with Crippen molar-refractivity contribution in [2.24, 2.45) is 0 Å². The molecule has 8 heteroatoms. The minimum Gasteiger partial charge on any atom is -0.324 e. The van der Waals surface area contributed by atoms with Crippen LogP contribution in [0.5, 0.6) is 0 Å². The highest BCUT2D eigenvalue weighted by molar-refractivity contribution is 7.98. The maximum Gasteiger partial charge on any atom is 0.257 e. The molecule has 0 unspecified atom stereocenters. The van der Waals surface area contributed by atoms with Gasteiger partial charge in [-0.05, 0) is 24.5 Å². The average Bonchev–Trinajstić information content (AvgIpc) is 2.52. The fourth-order valence-corrected chi connectivity index (χ4v) is 2.58. The Labute approximate surface area is 146 Å². The van der Waals surface area contributed by atoms with E-state index in [2.05, 4.69) is 10.6 Å². The molecule has 126 valence electrons. The van der Waals surface area contributed by atoms with Crippen molar-refractivity contribution in [2.45, 2.75) is 11.8 Å². The summed E-state index contributed by atoms with van der Waals surface area (Å²) in [5, 5.41) is 4.99. The first-order valence-electron chi connectivity index (χ1n) is 6.73. The normalized spacial score (nSPS) is 10.4. The Morgan fingerprint density at radius 1 is 1.04 bits per heavy atom. The third kappa shape index (κ3) is 4.24. The lowest BCUT2D eigenvalue weighted by Crippen LogP contribution is -2.16. The highest BCUT2D eigenvalue weighted by Gasteiger charge is 2.16. The third-order valence-corrected chi connectivity index (χ3v) is 4.09. The van der Waals surface area contributed by atoms with Crippen LogP contribution in [0.4, 0.5) is 20.2 Å². The molecular formula is C16H13ClF2N2O2S. The van der Waals surface area contributed by atoms with Crippen LogP contribution < -0.4 is 10.6 Å². The van der Waals surface area contributed by atoms with Crippen LogP contribution in [0.2, 0.25) is 5.02 Å². The molecule has 0 saturated heterocycles. The summed E-state index contributed by atoms with van der Waals surface area (Å²) in [6.07, 6.45) is 1.84. The number of amides is 2. The molecule has 0 aliphatic carbocycles. The van der Waals surface area contributed by atoms with Gasteiger partial charge in [0.05, 0.1) is 22.0 Å². The number of benzene rings is 2. The molecule has 4 nitrogen and oxygen atoms in total. The Morgan fingerprint density at radius 3 is 2.17 bits per heavy atom. The number of thioether (sulfide) groups is 1. The van der Waals surface area contributed by atoms with Crippen LogP contribution >= 0.6 is 23.4 Å². The minimum atomic E-state index is -1.15. The first kappa shape index (κ1) is 18.2. The molecule has 0 aliphatic heterocycles. The average molecular weight is 371 g/mol. The Morgan fingerprint density at radius 2 is 1.62 bits per heavy atom. The zero-order chi connectivity index (χ0) is 17.9. The van der Waals surface area contributed by atoms with Gasteiger partial charge in [-0.3, -0.25) is 9.59 Å². The van der Waals surface area contributed by atoms with Crippen molar-refractivity contribution in [3.8, 4) is 0 Å². The Hall–Kier alpha value is -2.12. The lowest BCUT2D eigenvalue weighted by atomic mass is 10.2. The number of nitrogens with one attached hydrogen (secondary N) is 2. The summed E-state index contributed by atoms with van der Waals surface area (Å²) in [4.78, 5) is 24.4. The van der Waals surface area contributed by atoms with Crippen LogP contribution in [0, 0.1) is 11.6 Å². The first-order chi connectivity index (χ1) is 11.3. The summed E-state index contributed by atoms with van der Waals surface area (Å²) in [5.41, 5.74) is 0.0636. The maximum atomic E-state index is 13.5. The van der Waals surface area contributed by atoms with Crippen LogP contribution in [-0.2, 0) is 4.79 Å². The highest BCUT2D eigenvalue weighted by atomic mass is 35.5. The number of hydrogen-bond acceptors (Lipinski definition) is 3. The molecule has 2 aromatic rings. The molecule has 0 radical (unpaired) electrons. The number of carbonyl (C=O) groups is 2. The van der Waals surface area contributed by atoms with Crippen LogP contribution in [0.1, 0.15) is 17.3 Å². The smallest absolute Gasteiger partial charge is 0.257 e. The van der Waals surface area contributed by atoms with E-state index in [-0.39, 0.29) is 22.0 Å². The molecule has 24 heavy (non-hydrogen) atoms. The van der Waals surface area contributed by atoms with Gasteiger partial charge in [-0.1, -0.05) is 11.6 Å². The number of carbonyl (C=O) groups excluding carboxylic acids is 2. The zero-order valence-electron chi connectivity index (χ0n) is 12.7. The van der Waals surface area contributed by atoms with Gasteiger partial charge >= 0.3 is 0 Å². The Bertz CT molecular complexity index is 815. The molecule has 0 aromatic heterocycles. The van der Waals surface area contributed by atoms with Crippen LogP contribution in [0.3, 0.4) is 0 Å². The molecule has 0 spiro atoms. The molecule has 0 aliphatic rings. The van der Waals surface area contributed by atoms with Crippen molar-refractivity contribution < 1.29 is 18.4 Å². The van der Waals surface area contributed by atoms with E-state index in [1.807, 2.05) is 6.26 Å². The van der Waals surface area contributed by atoms with Gasteiger partial charge in [-0.2, -0.15) is 0 Å². The molecule has 2 aromatic carbocycles. The van der Waals surface area contributed by atoms with E-state index >= 15 is 0 Å². The van der Waals surface area contributed by atoms with Gasteiger partial charge in [0.1, 0.15) is 0 Å². The summed E-state index contributed by atoms with van der Waals surface area (Å²) >= 11 is 7.45. The number of anilines is 2. The van der Waals surface area contributed by atoms with E-state index < -0.39 is 23.4 Å². The van der Waals surface area contributed by atoms with E-state index in [4.69, 9.17) is 11.6 Å². The lowest BCUT2D eigenvalue weighted by molar-refractivity contribution is -0.114. The van der Waals surface area contributed by atoms with Crippen molar-refractivity contribution in [3.05, 3.63) is 52.6 Å².